The second-order valence-corrected chi connectivity index (χ2v) is 5.75. The number of hydrogen-bond donors (Lipinski definition) is 2. The summed E-state index contributed by atoms with van der Waals surface area (Å²) in [4.78, 5) is 13.9. The number of carbonyl (C=O) groups is 1. The van der Waals surface area contributed by atoms with Gasteiger partial charge < -0.3 is 11.1 Å². The minimum Gasteiger partial charge on any atom is -0.321 e. The summed E-state index contributed by atoms with van der Waals surface area (Å²) in [5, 5.41) is 2.90. The third-order valence-electron chi connectivity index (χ3n) is 2.63. The number of anilines is 1. The van der Waals surface area contributed by atoms with Crippen molar-refractivity contribution < 1.29 is 4.79 Å². The van der Waals surface area contributed by atoms with Crippen molar-refractivity contribution in [3.8, 4) is 11.8 Å². The summed E-state index contributed by atoms with van der Waals surface area (Å²) >= 11 is 1.48. The van der Waals surface area contributed by atoms with Crippen molar-refractivity contribution in [3.63, 3.8) is 0 Å². The summed E-state index contributed by atoms with van der Waals surface area (Å²) in [6.07, 6.45) is 0. The van der Waals surface area contributed by atoms with Crippen molar-refractivity contribution in [2.24, 2.45) is 5.73 Å². The lowest BCUT2D eigenvalue weighted by atomic mass is 10.1. The maximum absolute atomic E-state index is 12.1. The van der Waals surface area contributed by atoms with Crippen molar-refractivity contribution in [1.82, 2.24) is 0 Å². The standard InChI is InChI=1S/C16H16N2OS/c1-11-8-13(4-3-7-17)10-14(9-11)18-16(19)15-6-5-12(2)20-15/h5-6,8-10H,7,17H2,1-2H3,(H,18,19). The number of aryl methyl sites for hydroxylation is 2. The average Bonchev–Trinajstić information content (AvgIpc) is 2.82. The first-order chi connectivity index (χ1) is 9.58. The molecular weight excluding hydrogens is 268 g/mol. The van der Waals surface area contributed by atoms with Gasteiger partial charge in [-0.3, -0.25) is 4.79 Å². The molecule has 102 valence electrons. The van der Waals surface area contributed by atoms with Gasteiger partial charge in [0, 0.05) is 16.1 Å². The molecule has 4 heteroatoms. The highest BCUT2D eigenvalue weighted by atomic mass is 32.1. The van der Waals surface area contributed by atoms with Crippen LogP contribution in [0.3, 0.4) is 0 Å². The van der Waals surface area contributed by atoms with Gasteiger partial charge in [0.05, 0.1) is 11.4 Å². The van der Waals surface area contributed by atoms with Gasteiger partial charge in [-0.05, 0) is 49.7 Å². The molecule has 0 radical (unpaired) electrons. The molecule has 0 atom stereocenters. The van der Waals surface area contributed by atoms with Crippen LogP contribution in [0.4, 0.5) is 5.69 Å². The van der Waals surface area contributed by atoms with Gasteiger partial charge in [0.2, 0.25) is 0 Å². The molecule has 0 fully saturated rings. The minimum atomic E-state index is -0.0913. The molecule has 1 heterocycles. The second-order valence-electron chi connectivity index (χ2n) is 4.46. The lowest BCUT2D eigenvalue weighted by Gasteiger charge is -2.06. The van der Waals surface area contributed by atoms with Crippen LogP contribution in [-0.4, -0.2) is 12.5 Å². The van der Waals surface area contributed by atoms with Crippen LogP contribution in [0.25, 0.3) is 0 Å². The molecular formula is C16H16N2OS. The van der Waals surface area contributed by atoms with E-state index in [0.717, 1.165) is 21.7 Å². The van der Waals surface area contributed by atoms with Gasteiger partial charge in [-0.1, -0.05) is 11.8 Å². The Kier molecular flexibility index (Phi) is 4.57. The average molecular weight is 284 g/mol. The molecule has 0 spiro atoms. The van der Waals surface area contributed by atoms with Crippen LogP contribution >= 0.6 is 11.3 Å². The molecule has 0 aliphatic rings. The first-order valence-corrected chi connectivity index (χ1v) is 7.08. The first kappa shape index (κ1) is 14.3. The molecule has 1 amide bonds. The third-order valence-corrected chi connectivity index (χ3v) is 3.63. The lowest BCUT2D eigenvalue weighted by Crippen LogP contribution is -2.10. The fourth-order valence-electron chi connectivity index (χ4n) is 1.83. The second kappa shape index (κ2) is 6.38. The molecule has 1 aromatic carbocycles. The Morgan fingerprint density at radius 1 is 1.30 bits per heavy atom. The van der Waals surface area contributed by atoms with Gasteiger partial charge in [-0.25, -0.2) is 0 Å². The van der Waals surface area contributed by atoms with Gasteiger partial charge >= 0.3 is 0 Å². The van der Waals surface area contributed by atoms with E-state index < -0.39 is 0 Å². The zero-order chi connectivity index (χ0) is 14.5. The molecule has 2 aromatic rings. The van der Waals surface area contributed by atoms with Crippen molar-refractivity contribution in [1.29, 1.82) is 0 Å². The van der Waals surface area contributed by atoms with Gasteiger partial charge in [0.1, 0.15) is 0 Å². The topological polar surface area (TPSA) is 55.1 Å². The predicted molar refractivity (Wildman–Crippen MR) is 84.1 cm³/mol. The fourth-order valence-corrected chi connectivity index (χ4v) is 2.59. The number of thiophene rings is 1. The number of rotatable bonds is 2. The smallest absolute Gasteiger partial charge is 0.265 e. The molecule has 0 saturated carbocycles. The Morgan fingerprint density at radius 2 is 2.10 bits per heavy atom. The zero-order valence-electron chi connectivity index (χ0n) is 11.5. The Bertz CT molecular complexity index is 692. The molecule has 0 aliphatic carbocycles. The van der Waals surface area contributed by atoms with Crippen molar-refractivity contribution in [2.75, 3.05) is 11.9 Å². The van der Waals surface area contributed by atoms with E-state index in [1.54, 1.807) is 0 Å². The van der Waals surface area contributed by atoms with Crippen LogP contribution in [0, 0.1) is 25.7 Å². The van der Waals surface area contributed by atoms with Crippen LogP contribution in [-0.2, 0) is 0 Å². The summed E-state index contributed by atoms with van der Waals surface area (Å²) in [6.45, 7) is 4.28. The maximum Gasteiger partial charge on any atom is 0.265 e. The van der Waals surface area contributed by atoms with Gasteiger partial charge in [0.25, 0.3) is 5.91 Å². The molecule has 3 nitrogen and oxygen atoms in total. The number of amides is 1. The van der Waals surface area contributed by atoms with Crippen molar-refractivity contribution >= 4 is 22.9 Å². The largest absolute Gasteiger partial charge is 0.321 e. The minimum absolute atomic E-state index is 0.0913. The van der Waals surface area contributed by atoms with Gasteiger partial charge in [-0.15, -0.1) is 11.3 Å². The SMILES string of the molecule is Cc1cc(C#CCN)cc(NC(=O)c2ccc(C)s2)c1. The first-order valence-electron chi connectivity index (χ1n) is 6.27. The summed E-state index contributed by atoms with van der Waals surface area (Å²) < 4.78 is 0. The van der Waals surface area contributed by atoms with Gasteiger partial charge in [0.15, 0.2) is 0 Å². The highest BCUT2D eigenvalue weighted by Crippen LogP contribution is 2.19. The third kappa shape index (κ3) is 3.70. The van der Waals surface area contributed by atoms with Crippen LogP contribution in [0.1, 0.15) is 25.7 Å². The molecule has 0 bridgehead atoms. The van der Waals surface area contributed by atoms with E-state index in [9.17, 15) is 4.79 Å². The normalized spacial score (nSPS) is 9.75. The molecule has 0 saturated heterocycles. The van der Waals surface area contributed by atoms with Crippen LogP contribution in [0.15, 0.2) is 30.3 Å². The van der Waals surface area contributed by atoms with Crippen LogP contribution < -0.4 is 11.1 Å². The summed E-state index contributed by atoms with van der Waals surface area (Å²) in [5.41, 5.74) is 8.02. The quantitative estimate of drug-likeness (QED) is 0.833. The molecule has 20 heavy (non-hydrogen) atoms. The predicted octanol–water partition coefficient (Wildman–Crippen LogP) is 2.93. The summed E-state index contributed by atoms with van der Waals surface area (Å²) in [7, 11) is 0. The Hall–Kier alpha value is -2.09. The number of benzene rings is 1. The van der Waals surface area contributed by atoms with Crippen molar-refractivity contribution in [3.05, 3.63) is 51.2 Å². The molecule has 0 unspecified atom stereocenters. The fraction of sp³-hybridized carbons (Fsp3) is 0.188. The summed E-state index contributed by atoms with van der Waals surface area (Å²) in [5.74, 6) is 5.70. The number of nitrogens with two attached hydrogens (primary N) is 1. The Morgan fingerprint density at radius 3 is 2.75 bits per heavy atom. The van der Waals surface area contributed by atoms with E-state index in [0.29, 0.717) is 11.4 Å². The molecule has 3 N–H and O–H groups in total. The van der Waals surface area contributed by atoms with Crippen LogP contribution in [0.2, 0.25) is 0 Å². The van der Waals surface area contributed by atoms with Crippen LogP contribution in [0.5, 0.6) is 0 Å². The highest BCUT2D eigenvalue weighted by Gasteiger charge is 2.08. The van der Waals surface area contributed by atoms with E-state index in [1.165, 1.54) is 11.3 Å². The monoisotopic (exact) mass is 284 g/mol. The number of carbonyl (C=O) groups excluding carboxylic acids is 1. The van der Waals surface area contributed by atoms with E-state index in [1.807, 2.05) is 44.2 Å². The number of hydrogen-bond acceptors (Lipinski definition) is 3. The highest BCUT2D eigenvalue weighted by molar-refractivity contribution is 7.14. The number of nitrogens with one attached hydrogen (secondary N) is 1. The van der Waals surface area contributed by atoms with E-state index in [4.69, 9.17) is 5.73 Å². The molecule has 1 aromatic heterocycles. The Labute approximate surface area is 122 Å². The zero-order valence-corrected chi connectivity index (χ0v) is 12.3. The van der Waals surface area contributed by atoms with E-state index >= 15 is 0 Å². The Balaban J connectivity index is 2.20. The summed E-state index contributed by atoms with van der Waals surface area (Å²) in [6, 6.07) is 9.52. The van der Waals surface area contributed by atoms with E-state index in [2.05, 4.69) is 17.2 Å². The molecule has 0 aliphatic heterocycles. The van der Waals surface area contributed by atoms with Gasteiger partial charge in [-0.2, -0.15) is 0 Å². The maximum atomic E-state index is 12.1. The van der Waals surface area contributed by atoms with Crippen molar-refractivity contribution in [2.45, 2.75) is 13.8 Å². The van der Waals surface area contributed by atoms with E-state index in [-0.39, 0.29) is 5.91 Å². The lowest BCUT2D eigenvalue weighted by molar-refractivity contribution is 0.103. The molecule has 2 rings (SSSR count).